The van der Waals surface area contributed by atoms with Gasteiger partial charge in [0.05, 0.1) is 6.54 Å². The molecule has 1 N–H and O–H groups in total. The van der Waals surface area contributed by atoms with Crippen LogP contribution in [0, 0.1) is 13.8 Å². The highest BCUT2D eigenvalue weighted by Gasteiger charge is 2.11. The number of carbonyl (C=O) groups excluding carboxylic acids is 2. The number of hydrogen-bond acceptors (Lipinski definition) is 2. The van der Waals surface area contributed by atoms with Gasteiger partial charge in [0.2, 0.25) is 5.91 Å². The molecule has 0 heterocycles. The van der Waals surface area contributed by atoms with Crippen LogP contribution in [0.25, 0.3) is 11.1 Å². The highest BCUT2D eigenvalue weighted by molar-refractivity contribution is 5.97. The van der Waals surface area contributed by atoms with E-state index in [2.05, 4.69) is 31.3 Å². The molecule has 0 unspecified atom stereocenters. The maximum atomic E-state index is 12.2. The molecule has 0 spiro atoms. The van der Waals surface area contributed by atoms with Crippen molar-refractivity contribution in [3.63, 3.8) is 0 Å². The third kappa shape index (κ3) is 3.97. The summed E-state index contributed by atoms with van der Waals surface area (Å²) in [5.74, 6) is -0.378. The van der Waals surface area contributed by atoms with Crippen molar-refractivity contribution in [2.45, 2.75) is 13.8 Å². The molecular formula is C19H22N2O2. The van der Waals surface area contributed by atoms with Crippen LogP contribution in [0.15, 0.2) is 42.5 Å². The molecule has 23 heavy (non-hydrogen) atoms. The molecule has 0 fully saturated rings. The fourth-order valence-corrected chi connectivity index (χ4v) is 2.31. The second-order valence-electron chi connectivity index (χ2n) is 5.80. The number of hydrogen-bond donors (Lipinski definition) is 1. The molecule has 2 amide bonds. The lowest BCUT2D eigenvalue weighted by atomic mass is 9.96. The average Bonchev–Trinajstić information content (AvgIpc) is 2.54. The molecule has 4 nitrogen and oxygen atoms in total. The summed E-state index contributed by atoms with van der Waals surface area (Å²) in [6.45, 7) is 4.15. The first-order chi connectivity index (χ1) is 10.9. The lowest BCUT2D eigenvalue weighted by Crippen LogP contribution is -2.36. The number of likely N-dealkylation sites (N-methyl/N-ethyl adjacent to an activating group) is 1. The monoisotopic (exact) mass is 310 g/mol. The molecule has 0 bridgehead atoms. The Hall–Kier alpha value is -2.62. The smallest absolute Gasteiger partial charge is 0.251 e. The Morgan fingerprint density at radius 3 is 2.43 bits per heavy atom. The summed E-state index contributed by atoms with van der Waals surface area (Å²) < 4.78 is 0. The quantitative estimate of drug-likeness (QED) is 0.944. The second kappa shape index (κ2) is 7.09. The maximum Gasteiger partial charge on any atom is 0.251 e. The van der Waals surface area contributed by atoms with E-state index in [1.165, 1.54) is 16.0 Å². The number of carbonyl (C=O) groups is 2. The van der Waals surface area contributed by atoms with Crippen LogP contribution in [0.4, 0.5) is 0 Å². The summed E-state index contributed by atoms with van der Waals surface area (Å²) in [5, 5.41) is 2.65. The van der Waals surface area contributed by atoms with Gasteiger partial charge in [-0.15, -0.1) is 0 Å². The molecule has 0 radical (unpaired) electrons. The molecule has 2 aromatic rings. The van der Waals surface area contributed by atoms with Crippen LogP contribution in [-0.2, 0) is 4.79 Å². The molecule has 0 aliphatic carbocycles. The Bertz CT molecular complexity index is 736. The Balaban J connectivity index is 2.21. The molecule has 0 atom stereocenters. The summed E-state index contributed by atoms with van der Waals surface area (Å²) in [4.78, 5) is 25.2. The SMILES string of the molecule is Cc1cccc(-c2cccc(C(=O)NCC(=O)N(C)C)c2)c1C. The van der Waals surface area contributed by atoms with Crippen molar-refractivity contribution in [1.29, 1.82) is 0 Å². The summed E-state index contributed by atoms with van der Waals surface area (Å²) in [7, 11) is 3.32. The molecule has 2 rings (SSSR count). The Labute approximate surface area is 137 Å². The van der Waals surface area contributed by atoms with Gasteiger partial charge in [0.25, 0.3) is 5.91 Å². The summed E-state index contributed by atoms with van der Waals surface area (Å²) in [5.41, 5.74) is 5.08. The third-order valence-corrected chi connectivity index (χ3v) is 3.94. The van der Waals surface area contributed by atoms with Gasteiger partial charge in [0.1, 0.15) is 0 Å². The fraction of sp³-hybridized carbons (Fsp3) is 0.263. The highest BCUT2D eigenvalue weighted by Crippen LogP contribution is 2.26. The van der Waals surface area contributed by atoms with E-state index in [-0.39, 0.29) is 18.4 Å². The molecule has 0 saturated carbocycles. The van der Waals surface area contributed by atoms with Crippen molar-refractivity contribution in [2.24, 2.45) is 0 Å². The number of aryl methyl sites for hydroxylation is 1. The number of nitrogens with zero attached hydrogens (tertiary/aromatic N) is 1. The van der Waals surface area contributed by atoms with Crippen LogP contribution in [0.5, 0.6) is 0 Å². The molecule has 0 saturated heterocycles. The molecule has 0 aromatic heterocycles. The third-order valence-electron chi connectivity index (χ3n) is 3.94. The number of rotatable bonds is 4. The first-order valence-electron chi connectivity index (χ1n) is 7.55. The van der Waals surface area contributed by atoms with Gasteiger partial charge in [-0.05, 0) is 48.2 Å². The van der Waals surface area contributed by atoms with Crippen molar-refractivity contribution in [3.05, 3.63) is 59.2 Å². The van der Waals surface area contributed by atoms with E-state index in [9.17, 15) is 9.59 Å². The number of nitrogens with one attached hydrogen (secondary N) is 1. The van der Waals surface area contributed by atoms with E-state index in [1.54, 1.807) is 20.2 Å². The van der Waals surface area contributed by atoms with Gasteiger partial charge >= 0.3 is 0 Å². The van der Waals surface area contributed by atoms with E-state index < -0.39 is 0 Å². The van der Waals surface area contributed by atoms with E-state index in [0.717, 1.165) is 11.1 Å². The second-order valence-corrected chi connectivity index (χ2v) is 5.80. The summed E-state index contributed by atoms with van der Waals surface area (Å²) in [6.07, 6.45) is 0. The van der Waals surface area contributed by atoms with Crippen LogP contribution in [-0.4, -0.2) is 37.4 Å². The Morgan fingerprint density at radius 2 is 1.74 bits per heavy atom. The molecule has 4 heteroatoms. The standard InChI is InChI=1S/C19H22N2O2/c1-13-7-5-10-17(14(13)2)15-8-6-9-16(11-15)19(23)20-12-18(22)21(3)4/h5-11H,12H2,1-4H3,(H,20,23). The van der Waals surface area contributed by atoms with Crippen LogP contribution in [0.2, 0.25) is 0 Å². The Morgan fingerprint density at radius 1 is 1.04 bits per heavy atom. The van der Waals surface area contributed by atoms with Crippen molar-refractivity contribution in [2.75, 3.05) is 20.6 Å². The largest absolute Gasteiger partial charge is 0.347 e. The van der Waals surface area contributed by atoms with Gasteiger partial charge in [-0.3, -0.25) is 9.59 Å². The average molecular weight is 310 g/mol. The zero-order chi connectivity index (χ0) is 17.0. The minimum atomic E-state index is -0.243. The predicted octanol–water partition coefficient (Wildman–Crippen LogP) is 2.79. The lowest BCUT2D eigenvalue weighted by Gasteiger charge is -2.12. The van der Waals surface area contributed by atoms with Gasteiger partial charge in [0.15, 0.2) is 0 Å². The fourth-order valence-electron chi connectivity index (χ4n) is 2.31. The molecule has 120 valence electrons. The highest BCUT2D eigenvalue weighted by atomic mass is 16.2. The predicted molar refractivity (Wildman–Crippen MR) is 92.4 cm³/mol. The van der Waals surface area contributed by atoms with Gasteiger partial charge in [-0.1, -0.05) is 30.3 Å². The zero-order valence-corrected chi connectivity index (χ0v) is 14.0. The number of benzene rings is 2. The molecule has 0 aliphatic heterocycles. The first kappa shape index (κ1) is 16.7. The zero-order valence-electron chi connectivity index (χ0n) is 14.0. The summed E-state index contributed by atoms with van der Waals surface area (Å²) in [6, 6.07) is 13.6. The molecule has 0 aliphatic rings. The van der Waals surface area contributed by atoms with Crippen molar-refractivity contribution >= 4 is 11.8 Å². The molecule has 2 aromatic carbocycles. The summed E-state index contributed by atoms with van der Waals surface area (Å²) >= 11 is 0. The van der Waals surface area contributed by atoms with Gasteiger partial charge in [-0.2, -0.15) is 0 Å². The topological polar surface area (TPSA) is 49.4 Å². The van der Waals surface area contributed by atoms with E-state index in [4.69, 9.17) is 0 Å². The normalized spacial score (nSPS) is 10.3. The van der Waals surface area contributed by atoms with Crippen LogP contribution >= 0.6 is 0 Å². The van der Waals surface area contributed by atoms with Crippen LogP contribution in [0.3, 0.4) is 0 Å². The van der Waals surface area contributed by atoms with E-state index >= 15 is 0 Å². The number of amides is 2. The van der Waals surface area contributed by atoms with Crippen LogP contribution in [0.1, 0.15) is 21.5 Å². The minimum Gasteiger partial charge on any atom is -0.347 e. The van der Waals surface area contributed by atoms with E-state index in [0.29, 0.717) is 5.56 Å². The maximum absolute atomic E-state index is 12.2. The van der Waals surface area contributed by atoms with Crippen molar-refractivity contribution in [3.8, 4) is 11.1 Å². The minimum absolute atomic E-state index is 0.000462. The van der Waals surface area contributed by atoms with E-state index in [1.807, 2.05) is 24.3 Å². The van der Waals surface area contributed by atoms with Gasteiger partial charge in [-0.25, -0.2) is 0 Å². The Kier molecular flexibility index (Phi) is 5.16. The van der Waals surface area contributed by atoms with Gasteiger partial charge in [0, 0.05) is 19.7 Å². The van der Waals surface area contributed by atoms with Crippen molar-refractivity contribution in [1.82, 2.24) is 10.2 Å². The van der Waals surface area contributed by atoms with Crippen LogP contribution < -0.4 is 5.32 Å². The van der Waals surface area contributed by atoms with Crippen molar-refractivity contribution < 1.29 is 9.59 Å². The van der Waals surface area contributed by atoms with Gasteiger partial charge < -0.3 is 10.2 Å². The first-order valence-corrected chi connectivity index (χ1v) is 7.55. The lowest BCUT2D eigenvalue weighted by molar-refractivity contribution is -0.127. The molecular weight excluding hydrogens is 288 g/mol.